The molecule has 0 N–H and O–H groups in total. The van der Waals surface area contributed by atoms with E-state index in [1.54, 1.807) is 16.4 Å². The molecule has 2 heterocycles. The van der Waals surface area contributed by atoms with Crippen LogP contribution in [0.25, 0.3) is 5.69 Å². The minimum atomic E-state index is -3.36. The summed E-state index contributed by atoms with van der Waals surface area (Å²) in [5, 5.41) is 0. The molecule has 0 atom stereocenters. The largest absolute Gasteiger partial charge is 0.318 e. The zero-order valence-electron chi connectivity index (χ0n) is 12.4. The number of hydrogen-bond donors (Lipinski definition) is 0. The van der Waals surface area contributed by atoms with Crippen LogP contribution in [0.1, 0.15) is 24.2 Å². The van der Waals surface area contributed by atoms with E-state index in [1.807, 2.05) is 38.1 Å². The van der Waals surface area contributed by atoms with Crippen molar-refractivity contribution in [2.45, 2.75) is 31.6 Å². The second-order valence-electron chi connectivity index (χ2n) is 5.56. The first-order valence-corrected chi connectivity index (χ1v) is 8.70. The molecule has 1 aromatic carbocycles. The summed E-state index contributed by atoms with van der Waals surface area (Å²) in [6.07, 6.45) is 1.91. The minimum Gasteiger partial charge on any atom is -0.318 e. The van der Waals surface area contributed by atoms with Crippen LogP contribution in [0.5, 0.6) is 0 Å². The van der Waals surface area contributed by atoms with Crippen LogP contribution in [0, 0.1) is 13.8 Å². The molecule has 0 aliphatic carbocycles. The zero-order chi connectivity index (χ0) is 15.0. The molecule has 1 aliphatic heterocycles. The van der Waals surface area contributed by atoms with Crippen molar-refractivity contribution in [3.05, 3.63) is 47.8 Å². The summed E-state index contributed by atoms with van der Waals surface area (Å²) in [6, 6.07) is 11.3. The summed E-state index contributed by atoms with van der Waals surface area (Å²) < 4.78 is 28.9. The number of sulfonamides is 1. The van der Waals surface area contributed by atoms with E-state index in [9.17, 15) is 8.42 Å². The van der Waals surface area contributed by atoms with E-state index >= 15 is 0 Å². The molecular formula is C16H20N2O2S. The van der Waals surface area contributed by atoms with Gasteiger partial charge in [0.25, 0.3) is 0 Å². The summed E-state index contributed by atoms with van der Waals surface area (Å²) in [7, 11) is -3.36. The molecule has 21 heavy (non-hydrogen) atoms. The first kappa shape index (κ1) is 14.4. The maximum atomic E-state index is 12.6. The monoisotopic (exact) mass is 304 g/mol. The fourth-order valence-electron chi connectivity index (χ4n) is 2.94. The van der Waals surface area contributed by atoms with Crippen LogP contribution in [-0.2, 0) is 10.0 Å². The lowest BCUT2D eigenvalue weighted by Crippen LogP contribution is -2.27. The molecule has 1 aliphatic rings. The van der Waals surface area contributed by atoms with Gasteiger partial charge in [-0.2, -0.15) is 4.31 Å². The summed E-state index contributed by atoms with van der Waals surface area (Å²) in [5.41, 5.74) is 3.10. The van der Waals surface area contributed by atoms with Crippen molar-refractivity contribution in [2.24, 2.45) is 0 Å². The summed E-state index contributed by atoms with van der Waals surface area (Å²) in [5.74, 6) is 0. The van der Waals surface area contributed by atoms with Gasteiger partial charge in [0, 0.05) is 30.2 Å². The average Bonchev–Trinajstić information content (AvgIpc) is 3.10. The summed E-state index contributed by atoms with van der Waals surface area (Å²) in [6.45, 7) is 5.31. The lowest BCUT2D eigenvalue weighted by molar-refractivity contribution is 0.477. The smallest absolute Gasteiger partial charge is 0.243 e. The van der Waals surface area contributed by atoms with Crippen molar-refractivity contribution < 1.29 is 8.42 Å². The third-order valence-electron chi connectivity index (χ3n) is 4.05. The Morgan fingerprint density at radius 1 is 0.952 bits per heavy atom. The third-order valence-corrected chi connectivity index (χ3v) is 5.94. The van der Waals surface area contributed by atoms with Gasteiger partial charge in [0.1, 0.15) is 0 Å². The molecule has 1 aromatic heterocycles. The van der Waals surface area contributed by atoms with Gasteiger partial charge in [-0.25, -0.2) is 8.42 Å². The van der Waals surface area contributed by atoms with E-state index in [1.165, 1.54) is 0 Å². The molecule has 5 heteroatoms. The lowest BCUT2D eigenvalue weighted by atomic mass is 10.3. The predicted molar refractivity (Wildman–Crippen MR) is 83.2 cm³/mol. The molecule has 2 aromatic rings. The van der Waals surface area contributed by atoms with E-state index < -0.39 is 10.0 Å². The van der Waals surface area contributed by atoms with Gasteiger partial charge in [0.15, 0.2) is 0 Å². The molecule has 1 fully saturated rings. The van der Waals surface area contributed by atoms with Crippen molar-refractivity contribution in [3.8, 4) is 5.69 Å². The van der Waals surface area contributed by atoms with Crippen LogP contribution in [0.4, 0.5) is 0 Å². The SMILES string of the molecule is Cc1ccc(C)n1-c1cccc(S(=O)(=O)N2CCCC2)c1. The molecule has 1 saturated heterocycles. The maximum absolute atomic E-state index is 12.6. The van der Waals surface area contributed by atoms with Gasteiger partial charge in [0.2, 0.25) is 10.0 Å². The molecule has 4 nitrogen and oxygen atoms in total. The Labute approximate surface area is 126 Å². The number of hydrogen-bond acceptors (Lipinski definition) is 2. The van der Waals surface area contributed by atoms with Gasteiger partial charge in [0.05, 0.1) is 4.90 Å². The van der Waals surface area contributed by atoms with E-state index in [-0.39, 0.29) is 0 Å². The Balaban J connectivity index is 2.05. The van der Waals surface area contributed by atoms with E-state index in [0.717, 1.165) is 29.9 Å². The third kappa shape index (κ3) is 2.51. The first-order valence-electron chi connectivity index (χ1n) is 7.26. The highest BCUT2D eigenvalue weighted by Gasteiger charge is 2.27. The van der Waals surface area contributed by atoms with Crippen molar-refractivity contribution >= 4 is 10.0 Å². The van der Waals surface area contributed by atoms with Crippen LogP contribution >= 0.6 is 0 Å². The van der Waals surface area contributed by atoms with E-state index in [2.05, 4.69) is 4.57 Å². The Morgan fingerprint density at radius 3 is 2.19 bits per heavy atom. The highest BCUT2D eigenvalue weighted by atomic mass is 32.2. The second-order valence-corrected chi connectivity index (χ2v) is 7.50. The molecule has 0 amide bonds. The fraction of sp³-hybridized carbons (Fsp3) is 0.375. The van der Waals surface area contributed by atoms with Crippen molar-refractivity contribution in [1.29, 1.82) is 0 Å². The Hall–Kier alpha value is -1.59. The molecule has 0 radical (unpaired) electrons. The average molecular weight is 304 g/mol. The number of aryl methyl sites for hydroxylation is 2. The number of benzene rings is 1. The Morgan fingerprint density at radius 2 is 1.57 bits per heavy atom. The van der Waals surface area contributed by atoms with Crippen LogP contribution in [0.3, 0.4) is 0 Å². The van der Waals surface area contributed by atoms with Gasteiger partial charge < -0.3 is 4.57 Å². The van der Waals surface area contributed by atoms with Crippen LogP contribution < -0.4 is 0 Å². The Kier molecular flexibility index (Phi) is 3.63. The van der Waals surface area contributed by atoms with Gasteiger partial charge >= 0.3 is 0 Å². The van der Waals surface area contributed by atoms with E-state index in [0.29, 0.717) is 18.0 Å². The first-order chi connectivity index (χ1) is 10.00. The maximum Gasteiger partial charge on any atom is 0.243 e. The molecule has 0 spiro atoms. The van der Waals surface area contributed by atoms with Gasteiger partial charge in [-0.05, 0) is 57.0 Å². The number of rotatable bonds is 3. The molecule has 0 bridgehead atoms. The molecule has 0 saturated carbocycles. The highest BCUT2D eigenvalue weighted by molar-refractivity contribution is 7.89. The van der Waals surface area contributed by atoms with E-state index in [4.69, 9.17) is 0 Å². The summed E-state index contributed by atoms with van der Waals surface area (Å²) in [4.78, 5) is 0.384. The standard InChI is InChI=1S/C16H20N2O2S/c1-13-8-9-14(2)18(13)15-6-5-7-16(12-15)21(19,20)17-10-3-4-11-17/h5-9,12H,3-4,10-11H2,1-2H3. The van der Waals surface area contributed by atoms with Crippen molar-refractivity contribution in [3.63, 3.8) is 0 Å². The van der Waals surface area contributed by atoms with Gasteiger partial charge in [-0.1, -0.05) is 6.07 Å². The normalized spacial score (nSPS) is 16.5. The quantitative estimate of drug-likeness (QED) is 0.875. The lowest BCUT2D eigenvalue weighted by Gasteiger charge is -2.17. The molecule has 3 rings (SSSR count). The van der Waals surface area contributed by atoms with Crippen LogP contribution in [0.15, 0.2) is 41.3 Å². The topological polar surface area (TPSA) is 42.3 Å². The second kappa shape index (κ2) is 5.31. The minimum absolute atomic E-state index is 0.384. The number of aromatic nitrogens is 1. The van der Waals surface area contributed by atoms with Crippen molar-refractivity contribution in [1.82, 2.24) is 8.87 Å². The summed E-state index contributed by atoms with van der Waals surface area (Å²) >= 11 is 0. The molecule has 112 valence electrons. The predicted octanol–water partition coefficient (Wildman–Crippen LogP) is 2.88. The van der Waals surface area contributed by atoms with Gasteiger partial charge in [-0.15, -0.1) is 0 Å². The number of nitrogens with zero attached hydrogens (tertiary/aromatic N) is 2. The fourth-order valence-corrected chi connectivity index (χ4v) is 4.49. The van der Waals surface area contributed by atoms with Gasteiger partial charge in [-0.3, -0.25) is 0 Å². The molecular weight excluding hydrogens is 284 g/mol. The highest BCUT2D eigenvalue weighted by Crippen LogP contribution is 2.24. The zero-order valence-corrected chi connectivity index (χ0v) is 13.2. The van der Waals surface area contributed by atoms with Crippen LogP contribution in [0.2, 0.25) is 0 Å². The van der Waals surface area contributed by atoms with Crippen molar-refractivity contribution in [2.75, 3.05) is 13.1 Å². The molecule has 0 unspecified atom stereocenters. The van der Waals surface area contributed by atoms with Crippen LogP contribution in [-0.4, -0.2) is 30.4 Å². The Bertz CT molecular complexity index is 737.